The summed E-state index contributed by atoms with van der Waals surface area (Å²) in [5.74, 6) is -0.799. The average Bonchev–Trinajstić information content (AvgIpc) is 1.97. The summed E-state index contributed by atoms with van der Waals surface area (Å²) >= 11 is 0. The van der Waals surface area contributed by atoms with E-state index >= 15 is 0 Å². The van der Waals surface area contributed by atoms with Crippen molar-refractivity contribution in [2.45, 2.75) is 13.3 Å². The summed E-state index contributed by atoms with van der Waals surface area (Å²) in [6.45, 7) is 2.28. The molecule has 0 aromatic rings. The first-order valence-corrected chi connectivity index (χ1v) is 3.30. The first-order valence-electron chi connectivity index (χ1n) is 3.30. The molecule has 62 valence electrons. The van der Waals surface area contributed by atoms with Gasteiger partial charge in [-0.15, -0.1) is 0 Å². The van der Waals surface area contributed by atoms with E-state index in [1.807, 2.05) is 6.92 Å². The molecule has 0 heterocycles. The fourth-order valence-electron chi connectivity index (χ4n) is 0.475. The van der Waals surface area contributed by atoms with Crippen LogP contribution in [-0.2, 0) is 14.3 Å². The van der Waals surface area contributed by atoms with Crippen molar-refractivity contribution in [3.8, 4) is 0 Å². The van der Waals surface area contributed by atoms with Gasteiger partial charge in [0.25, 0.3) is 5.91 Å². The van der Waals surface area contributed by atoms with E-state index in [0.29, 0.717) is 12.9 Å². The predicted molar refractivity (Wildman–Crippen MR) is 39.6 cm³/mol. The van der Waals surface area contributed by atoms with Crippen LogP contribution < -0.4 is 5.73 Å². The van der Waals surface area contributed by atoms with Crippen LogP contribution in [0.1, 0.15) is 13.3 Å². The SMILES string of the molecule is CCCOC(=CC=O)C(N)=O. The topological polar surface area (TPSA) is 69.4 Å². The highest BCUT2D eigenvalue weighted by molar-refractivity contribution is 5.93. The van der Waals surface area contributed by atoms with Crippen LogP contribution in [0.3, 0.4) is 0 Å². The van der Waals surface area contributed by atoms with Crippen molar-refractivity contribution in [2.24, 2.45) is 5.73 Å². The zero-order chi connectivity index (χ0) is 8.69. The zero-order valence-corrected chi connectivity index (χ0v) is 6.37. The van der Waals surface area contributed by atoms with Gasteiger partial charge in [0.2, 0.25) is 0 Å². The van der Waals surface area contributed by atoms with Crippen LogP contribution in [-0.4, -0.2) is 18.8 Å². The average molecular weight is 157 g/mol. The minimum Gasteiger partial charge on any atom is -0.488 e. The van der Waals surface area contributed by atoms with Gasteiger partial charge < -0.3 is 10.5 Å². The number of aldehydes is 1. The molecule has 4 heteroatoms. The molecule has 0 rings (SSSR count). The largest absolute Gasteiger partial charge is 0.488 e. The standard InChI is InChI=1S/C7H11NO3/c1-2-5-11-6(3-4-9)7(8)10/h3-4H,2,5H2,1H3,(H2,8,10). The maximum Gasteiger partial charge on any atom is 0.283 e. The van der Waals surface area contributed by atoms with Crippen LogP contribution in [0.4, 0.5) is 0 Å². The van der Waals surface area contributed by atoms with E-state index in [4.69, 9.17) is 10.5 Å². The number of carbonyl (C=O) groups excluding carboxylic acids is 2. The molecule has 0 saturated carbocycles. The highest BCUT2D eigenvalue weighted by atomic mass is 16.5. The number of amides is 1. The van der Waals surface area contributed by atoms with Gasteiger partial charge in [0, 0.05) is 6.08 Å². The zero-order valence-electron chi connectivity index (χ0n) is 6.37. The van der Waals surface area contributed by atoms with Gasteiger partial charge in [0.05, 0.1) is 6.61 Å². The Morgan fingerprint density at radius 1 is 1.64 bits per heavy atom. The number of carbonyl (C=O) groups is 2. The molecular formula is C7H11NO3. The molecule has 0 unspecified atom stereocenters. The molecule has 0 fully saturated rings. The molecular weight excluding hydrogens is 146 g/mol. The number of allylic oxidation sites excluding steroid dienone is 1. The van der Waals surface area contributed by atoms with E-state index in [9.17, 15) is 9.59 Å². The molecule has 1 amide bonds. The van der Waals surface area contributed by atoms with Crippen molar-refractivity contribution in [3.05, 3.63) is 11.8 Å². The van der Waals surface area contributed by atoms with Crippen LogP contribution >= 0.6 is 0 Å². The summed E-state index contributed by atoms with van der Waals surface area (Å²) in [6.07, 6.45) is 2.25. The predicted octanol–water partition coefficient (Wildman–Crippen LogP) is -0.0189. The highest BCUT2D eigenvalue weighted by Crippen LogP contribution is 1.95. The summed E-state index contributed by atoms with van der Waals surface area (Å²) in [5.41, 5.74) is 4.87. The van der Waals surface area contributed by atoms with E-state index < -0.39 is 5.91 Å². The molecule has 0 spiro atoms. The molecule has 0 aliphatic rings. The Balaban J connectivity index is 4.00. The van der Waals surface area contributed by atoms with E-state index in [1.165, 1.54) is 0 Å². The number of ether oxygens (including phenoxy) is 1. The van der Waals surface area contributed by atoms with Crippen molar-refractivity contribution in [2.75, 3.05) is 6.61 Å². The minimum atomic E-state index is -0.717. The summed E-state index contributed by atoms with van der Waals surface area (Å²) in [6, 6.07) is 0. The van der Waals surface area contributed by atoms with Crippen molar-refractivity contribution in [3.63, 3.8) is 0 Å². The van der Waals surface area contributed by atoms with E-state index in [1.54, 1.807) is 0 Å². The molecule has 0 aromatic heterocycles. The Bertz CT molecular complexity index is 175. The highest BCUT2D eigenvalue weighted by Gasteiger charge is 2.03. The van der Waals surface area contributed by atoms with Gasteiger partial charge in [-0.2, -0.15) is 0 Å². The molecule has 0 aromatic carbocycles. The number of primary amides is 1. The lowest BCUT2D eigenvalue weighted by Gasteiger charge is -2.02. The number of rotatable bonds is 5. The minimum absolute atomic E-state index is 0.0816. The Labute approximate surface area is 65.0 Å². The van der Waals surface area contributed by atoms with Crippen molar-refractivity contribution < 1.29 is 14.3 Å². The Hall–Kier alpha value is -1.32. The van der Waals surface area contributed by atoms with Gasteiger partial charge in [0.15, 0.2) is 5.76 Å². The van der Waals surface area contributed by atoms with Gasteiger partial charge in [-0.3, -0.25) is 9.59 Å². The lowest BCUT2D eigenvalue weighted by molar-refractivity contribution is -0.118. The summed E-state index contributed by atoms with van der Waals surface area (Å²) in [4.78, 5) is 20.4. The van der Waals surface area contributed by atoms with E-state index in [-0.39, 0.29) is 5.76 Å². The molecule has 0 aliphatic heterocycles. The first-order chi connectivity index (χ1) is 5.22. The second-order valence-corrected chi connectivity index (χ2v) is 1.88. The third-order valence-corrected chi connectivity index (χ3v) is 0.924. The van der Waals surface area contributed by atoms with Crippen LogP contribution in [0, 0.1) is 0 Å². The van der Waals surface area contributed by atoms with Crippen LogP contribution in [0.25, 0.3) is 0 Å². The third kappa shape index (κ3) is 4.13. The number of nitrogens with two attached hydrogens (primary N) is 1. The van der Waals surface area contributed by atoms with Gasteiger partial charge in [0.1, 0.15) is 6.29 Å². The maximum atomic E-state index is 10.5. The molecule has 2 N–H and O–H groups in total. The van der Waals surface area contributed by atoms with Crippen molar-refractivity contribution in [1.29, 1.82) is 0 Å². The molecule has 0 bridgehead atoms. The number of hydrogen-bond donors (Lipinski definition) is 1. The lowest BCUT2D eigenvalue weighted by atomic mass is 10.4. The first kappa shape index (κ1) is 9.68. The third-order valence-electron chi connectivity index (χ3n) is 0.924. The smallest absolute Gasteiger partial charge is 0.283 e. The monoisotopic (exact) mass is 157 g/mol. The normalized spacial score (nSPS) is 10.8. The fraction of sp³-hybridized carbons (Fsp3) is 0.429. The molecule has 0 radical (unpaired) electrons. The molecule has 0 atom stereocenters. The molecule has 11 heavy (non-hydrogen) atoms. The summed E-state index contributed by atoms with van der Waals surface area (Å²) < 4.78 is 4.85. The summed E-state index contributed by atoms with van der Waals surface area (Å²) in [5, 5.41) is 0. The molecule has 4 nitrogen and oxygen atoms in total. The van der Waals surface area contributed by atoms with Gasteiger partial charge in [-0.1, -0.05) is 6.92 Å². The van der Waals surface area contributed by atoms with Crippen molar-refractivity contribution in [1.82, 2.24) is 0 Å². The molecule has 0 saturated heterocycles. The van der Waals surface area contributed by atoms with Crippen molar-refractivity contribution >= 4 is 12.2 Å². The Morgan fingerprint density at radius 2 is 2.27 bits per heavy atom. The quantitative estimate of drug-likeness (QED) is 0.346. The fourth-order valence-corrected chi connectivity index (χ4v) is 0.475. The van der Waals surface area contributed by atoms with Crippen LogP contribution in [0.5, 0.6) is 0 Å². The summed E-state index contributed by atoms with van der Waals surface area (Å²) in [7, 11) is 0. The van der Waals surface area contributed by atoms with Crippen LogP contribution in [0.2, 0.25) is 0 Å². The Morgan fingerprint density at radius 3 is 2.64 bits per heavy atom. The number of hydrogen-bond acceptors (Lipinski definition) is 3. The molecule has 0 aliphatic carbocycles. The van der Waals surface area contributed by atoms with Gasteiger partial charge in [-0.25, -0.2) is 0 Å². The lowest BCUT2D eigenvalue weighted by Crippen LogP contribution is -2.16. The van der Waals surface area contributed by atoms with Gasteiger partial charge in [-0.05, 0) is 6.42 Å². The maximum absolute atomic E-state index is 10.5. The van der Waals surface area contributed by atoms with Crippen LogP contribution in [0.15, 0.2) is 11.8 Å². The van der Waals surface area contributed by atoms with E-state index in [0.717, 1.165) is 12.5 Å². The van der Waals surface area contributed by atoms with Gasteiger partial charge >= 0.3 is 0 Å². The second kappa shape index (κ2) is 5.46. The van der Waals surface area contributed by atoms with E-state index in [2.05, 4.69) is 0 Å². The Kier molecular flexibility index (Phi) is 4.81. The second-order valence-electron chi connectivity index (χ2n) is 1.88.